The number of aromatic nitrogens is 1. The number of benzene rings is 1. The summed E-state index contributed by atoms with van der Waals surface area (Å²) in [6, 6.07) is 9.31. The topological polar surface area (TPSA) is 74.3 Å². The predicted molar refractivity (Wildman–Crippen MR) is 108 cm³/mol. The Balaban J connectivity index is 2.03. The van der Waals surface area contributed by atoms with Crippen molar-refractivity contribution in [3.8, 4) is 0 Å². The van der Waals surface area contributed by atoms with Gasteiger partial charge in [0.2, 0.25) is 0 Å². The first-order chi connectivity index (χ1) is 12.7. The molecule has 144 valence electrons. The van der Waals surface area contributed by atoms with Gasteiger partial charge in [-0.05, 0) is 43.3 Å². The first-order valence-electron chi connectivity index (χ1n) is 8.96. The Kier molecular flexibility index (Phi) is 6.69. The van der Waals surface area contributed by atoms with Gasteiger partial charge in [0.15, 0.2) is 0 Å². The number of nitrogens with zero attached hydrogens (tertiary/aromatic N) is 2. The lowest BCUT2D eigenvalue weighted by atomic mass is 9.87. The Labute approximate surface area is 161 Å². The number of amides is 2. The molecule has 2 rings (SSSR count). The summed E-state index contributed by atoms with van der Waals surface area (Å²) in [7, 11) is 3.87. The number of carbonyl (C=O) groups is 2. The molecule has 6 heteroatoms. The lowest BCUT2D eigenvalue weighted by Gasteiger charge is -2.19. The number of pyridine rings is 1. The minimum atomic E-state index is -0.297. The molecule has 27 heavy (non-hydrogen) atoms. The van der Waals surface area contributed by atoms with Crippen LogP contribution in [0.3, 0.4) is 0 Å². The number of likely N-dealkylation sites (N-methyl/N-ethyl adjacent to an activating group) is 1. The third kappa shape index (κ3) is 6.18. The fourth-order valence-electron chi connectivity index (χ4n) is 2.44. The molecule has 0 spiro atoms. The van der Waals surface area contributed by atoms with Crippen molar-refractivity contribution in [3.05, 3.63) is 59.4 Å². The molecule has 2 amide bonds. The maximum absolute atomic E-state index is 12.5. The smallest absolute Gasteiger partial charge is 0.257 e. The van der Waals surface area contributed by atoms with Crippen LogP contribution in [0.25, 0.3) is 0 Å². The van der Waals surface area contributed by atoms with E-state index in [-0.39, 0.29) is 17.2 Å². The van der Waals surface area contributed by atoms with E-state index >= 15 is 0 Å². The van der Waals surface area contributed by atoms with Gasteiger partial charge in [0.1, 0.15) is 0 Å². The van der Waals surface area contributed by atoms with Gasteiger partial charge in [-0.3, -0.25) is 14.6 Å². The number of nitrogens with one attached hydrogen (secondary N) is 2. The molecule has 0 aliphatic rings. The molecule has 1 aromatic heterocycles. The third-order valence-corrected chi connectivity index (χ3v) is 4.12. The van der Waals surface area contributed by atoms with E-state index in [2.05, 4.69) is 36.4 Å². The zero-order chi connectivity index (χ0) is 20.0. The molecule has 0 fully saturated rings. The number of anilines is 1. The Bertz CT molecular complexity index is 793. The molecule has 0 bridgehead atoms. The average Bonchev–Trinajstić information content (AvgIpc) is 2.61. The maximum atomic E-state index is 12.5. The summed E-state index contributed by atoms with van der Waals surface area (Å²) in [4.78, 5) is 30.7. The van der Waals surface area contributed by atoms with Crippen molar-refractivity contribution in [2.24, 2.45) is 0 Å². The molecule has 0 unspecified atom stereocenters. The van der Waals surface area contributed by atoms with Crippen LogP contribution >= 0.6 is 0 Å². The Morgan fingerprint density at radius 1 is 1.00 bits per heavy atom. The van der Waals surface area contributed by atoms with Gasteiger partial charge >= 0.3 is 0 Å². The van der Waals surface area contributed by atoms with Crippen LogP contribution < -0.4 is 10.6 Å². The second-order valence-corrected chi connectivity index (χ2v) is 7.80. The van der Waals surface area contributed by atoms with Crippen molar-refractivity contribution in [2.45, 2.75) is 26.2 Å². The summed E-state index contributed by atoms with van der Waals surface area (Å²) in [6.45, 7) is 7.69. The van der Waals surface area contributed by atoms with E-state index < -0.39 is 0 Å². The van der Waals surface area contributed by atoms with E-state index in [9.17, 15) is 9.59 Å². The minimum absolute atomic E-state index is 0.0563. The van der Waals surface area contributed by atoms with Crippen LogP contribution in [0, 0.1) is 0 Å². The van der Waals surface area contributed by atoms with E-state index in [4.69, 9.17) is 0 Å². The standard InChI is InChI=1S/C21H28N4O2/c1-21(2,3)17-6-8-18(9-7-17)24-20(27)16-12-15(13-22-14-16)19(26)23-10-11-25(4)5/h6-9,12-14H,10-11H2,1-5H3,(H,23,26)(H,24,27). The first kappa shape index (κ1) is 20.6. The Morgan fingerprint density at radius 3 is 2.15 bits per heavy atom. The highest BCUT2D eigenvalue weighted by Gasteiger charge is 2.14. The van der Waals surface area contributed by atoms with Crippen LogP contribution in [0.4, 0.5) is 5.69 Å². The van der Waals surface area contributed by atoms with Crippen molar-refractivity contribution in [1.82, 2.24) is 15.2 Å². The van der Waals surface area contributed by atoms with Crippen molar-refractivity contribution >= 4 is 17.5 Å². The third-order valence-electron chi connectivity index (χ3n) is 4.12. The maximum Gasteiger partial charge on any atom is 0.257 e. The van der Waals surface area contributed by atoms with Gasteiger partial charge in [-0.2, -0.15) is 0 Å². The number of carbonyl (C=O) groups excluding carboxylic acids is 2. The van der Waals surface area contributed by atoms with Gasteiger partial charge in [0.05, 0.1) is 11.1 Å². The Morgan fingerprint density at radius 2 is 1.59 bits per heavy atom. The van der Waals surface area contributed by atoms with E-state index in [0.717, 1.165) is 6.54 Å². The second-order valence-electron chi connectivity index (χ2n) is 7.80. The lowest BCUT2D eigenvalue weighted by molar-refractivity contribution is 0.0950. The molecule has 0 saturated heterocycles. The number of hydrogen-bond donors (Lipinski definition) is 2. The molecule has 0 aliphatic heterocycles. The predicted octanol–water partition coefficient (Wildman–Crippen LogP) is 2.92. The largest absolute Gasteiger partial charge is 0.351 e. The van der Waals surface area contributed by atoms with Crippen LogP contribution in [0.2, 0.25) is 0 Å². The number of hydrogen-bond acceptors (Lipinski definition) is 4. The second kappa shape index (κ2) is 8.77. The highest BCUT2D eigenvalue weighted by atomic mass is 16.2. The van der Waals surface area contributed by atoms with Gasteiger partial charge in [-0.25, -0.2) is 0 Å². The normalized spacial score (nSPS) is 11.3. The highest BCUT2D eigenvalue weighted by Crippen LogP contribution is 2.23. The van der Waals surface area contributed by atoms with Gasteiger partial charge in [0, 0.05) is 31.2 Å². The van der Waals surface area contributed by atoms with Crippen LogP contribution in [-0.2, 0) is 5.41 Å². The van der Waals surface area contributed by atoms with Crippen molar-refractivity contribution in [2.75, 3.05) is 32.5 Å². The van der Waals surface area contributed by atoms with Crippen molar-refractivity contribution in [3.63, 3.8) is 0 Å². The van der Waals surface area contributed by atoms with Crippen LogP contribution in [0.15, 0.2) is 42.7 Å². The molecule has 1 aromatic carbocycles. The van der Waals surface area contributed by atoms with Gasteiger partial charge in [-0.1, -0.05) is 32.9 Å². The molecular weight excluding hydrogens is 340 g/mol. The summed E-state index contributed by atoms with van der Waals surface area (Å²) in [5, 5.41) is 5.66. The quantitative estimate of drug-likeness (QED) is 0.822. The van der Waals surface area contributed by atoms with E-state index in [1.165, 1.54) is 18.0 Å². The van der Waals surface area contributed by atoms with Crippen LogP contribution in [0.1, 0.15) is 47.1 Å². The molecule has 0 aliphatic carbocycles. The minimum Gasteiger partial charge on any atom is -0.351 e. The first-order valence-corrected chi connectivity index (χ1v) is 8.96. The van der Waals surface area contributed by atoms with Gasteiger partial charge in [0.25, 0.3) is 11.8 Å². The molecule has 0 atom stereocenters. The zero-order valence-electron chi connectivity index (χ0n) is 16.7. The van der Waals surface area contributed by atoms with Gasteiger partial charge in [-0.15, -0.1) is 0 Å². The number of rotatable bonds is 6. The van der Waals surface area contributed by atoms with Crippen LogP contribution in [0.5, 0.6) is 0 Å². The SMILES string of the molecule is CN(C)CCNC(=O)c1cncc(C(=O)Nc2ccc(C(C)(C)C)cc2)c1. The molecule has 0 radical (unpaired) electrons. The highest BCUT2D eigenvalue weighted by molar-refractivity contribution is 6.05. The average molecular weight is 368 g/mol. The summed E-state index contributed by atoms with van der Waals surface area (Å²) in [5.74, 6) is -0.539. The summed E-state index contributed by atoms with van der Waals surface area (Å²) in [5.41, 5.74) is 2.66. The van der Waals surface area contributed by atoms with E-state index in [1.54, 1.807) is 6.07 Å². The molecule has 0 saturated carbocycles. The fraction of sp³-hybridized carbons (Fsp3) is 0.381. The molecular formula is C21H28N4O2. The summed E-state index contributed by atoms with van der Waals surface area (Å²) in [6.07, 6.45) is 2.91. The molecule has 1 heterocycles. The fourth-order valence-corrected chi connectivity index (χ4v) is 2.44. The Hall–Kier alpha value is -2.73. The summed E-state index contributed by atoms with van der Waals surface area (Å²) < 4.78 is 0. The van der Waals surface area contributed by atoms with Gasteiger partial charge < -0.3 is 15.5 Å². The lowest BCUT2D eigenvalue weighted by Crippen LogP contribution is -2.31. The monoisotopic (exact) mass is 368 g/mol. The molecule has 2 N–H and O–H groups in total. The molecule has 6 nitrogen and oxygen atoms in total. The van der Waals surface area contributed by atoms with E-state index in [0.29, 0.717) is 23.4 Å². The van der Waals surface area contributed by atoms with Crippen LogP contribution in [-0.4, -0.2) is 48.9 Å². The zero-order valence-corrected chi connectivity index (χ0v) is 16.7. The summed E-state index contributed by atoms with van der Waals surface area (Å²) >= 11 is 0. The van der Waals surface area contributed by atoms with E-state index in [1.807, 2.05) is 43.3 Å². The molecule has 2 aromatic rings. The van der Waals surface area contributed by atoms with Crippen molar-refractivity contribution < 1.29 is 9.59 Å². The van der Waals surface area contributed by atoms with Crippen molar-refractivity contribution in [1.29, 1.82) is 0 Å².